The van der Waals surface area contributed by atoms with Crippen molar-refractivity contribution in [2.75, 3.05) is 50.5 Å². The number of rotatable bonds is 6. The molecule has 2 saturated heterocycles. The Bertz CT molecular complexity index is 1670. The fourth-order valence-corrected chi connectivity index (χ4v) is 6.04. The van der Waals surface area contributed by atoms with Gasteiger partial charge in [-0.1, -0.05) is 11.6 Å². The Labute approximate surface area is 254 Å². The monoisotopic (exact) mass is 635 g/mol. The Morgan fingerprint density at radius 2 is 1.89 bits per heavy atom. The van der Waals surface area contributed by atoms with Crippen molar-refractivity contribution >= 4 is 34.1 Å². The SMILES string of the molecule is Cc1cc(N)nc(-c2c(Cl)cc3c(N4CCN(C#N)[C@@H](CC#N)C4)nc(OC[C@@H]4C[C@@H](F)CN4C)nc3c2F)c1C(F)(F)F. The van der Waals surface area contributed by atoms with Gasteiger partial charge in [0.2, 0.25) is 0 Å². The standard InChI is InChI=1S/C28H27ClF5N9O/c1-14-7-20(37)38-25(22(14)28(32,33)34)21-19(29)9-18-24(23(21)31)39-27(44-12-17-8-15(30)10-41(17)2)40-26(18)42-5-6-43(13-36)16(11-42)3-4-35/h7,9,15-17H,3,5-6,8,10-12H2,1-2H3,(H2,37,38)/t15-,16+,17+/m1/s1. The highest BCUT2D eigenvalue weighted by Gasteiger charge is 2.39. The van der Waals surface area contributed by atoms with Gasteiger partial charge in [0.25, 0.3) is 0 Å². The van der Waals surface area contributed by atoms with Gasteiger partial charge in [0.1, 0.15) is 29.9 Å². The van der Waals surface area contributed by atoms with E-state index < -0.39 is 41.0 Å². The molecule has 0 unspecified atom stereocenters. The predicted molar refractivity (Wildman–Crippen MR) is 152 cm³/mol. The highest BCUT2D eigenvalue weighted by atomic mass is 35.5. The summed E-state index contributed by atoms with van der Waals surface area (Å²) < 4.78 is 78.8. The van der Waals surface area contributed by atoms with Gasteiger partial charge in [0.05, 0.1) is 40.4 Å². The first-order valence-electron chi connectivity index (χ1n) is 13.6. The number of fused-ring (bicyclic) bond motifs is 1. The van der Waals surface area contributed by atoms with Crippen LogP contribution in [-0.4, -0.2) is 82.8 Å². The van der Waals surface area contributed by atoms with Gasteiger partial charge < -0.3 is 20.3 Å². The maximum Gasteiger partial charge on any atom is 0.418 e. The van der Waals surface area contributed by atoms with Crippen molar-refractivity contribution < 1.29 is 26.7 Å². The molecule has 2 aliphatic heterocycles. The first-order valence-corrected chi connectivity index (χ1v) is 14.0. The smallest absolute Gasteiger partial charge is 0.418 e. The van der Waals surface area contributed by atoms with Crippen molar-refractivity contribution in [3.63, 3.8) is 0 Å². The van der Waals surface area contributed by atoms with Crippen LogP contribution < -0.4 is 15.4 Å². The summed E-state index contributed by atoms with van der Waals surface area (Å²) in [7, 11) is 1.73. The number of aromatic nitrogens is 3. The number of anilines is 2. The molecule has 4 heterocycles. The molecule has 2 N–H and O–H groups in total. The van der Waals surface area contributed by atoms with E-state index in [4.69, 9.17) is 22.1 Å². The maximum absolute atomic E-state index is 16.5. The van der Waals surface area contributed by atoms with Crippen LogP contribution in [0, 0.1) is 35.5 Å². The number of likely N-dealkylation sites (N-methyl/N-ethyl adjacent to an activating group) is 1. The van der Waals surface area contributed by atoms with E-state index in [1.165, 1.54) is 17.9 Å². The van der Waals surface area contributed by atoms with Crippen molar-refractivity contribution in [1.82, 2.24) is 24.8 Å². The molecule has 2 aliphatic rings. The minimum Gasteiger partial charge on any atom is -0.462 e. The summed E-state index contributed by atoms with van der Waals surface area (Å²) in [5.41, 5.74) is 2.48. The molecule has 10 nitrogen and oxygen atoms in total. The molecule has 0 bridgehead atoms. The number of aryl methyl sites for hydroxylation is 1. The zero-order valence-corrected chi connectivity index (χ0v) is 24.4. The number of nitriles is 2. The number of hydrogen-bond donors (Lipinski definition) is 1. The summed E-state index contributed by atoms with van der Waals surface area (Å²) in [6.07, 6.45) is -3.67. The topological polar surface area (TPSA) is 131 Å². The molecule has 0 amide bonds. The number of ether oxygens (including phenoxy) is 1. The molecule has 44 heavy (non-hydrogen) atoms. The molecule has 2 fully saturated rings. The van der Waals surface area contributed by atoms with Crippen molar-refractivity contribution in [2.24, 2.45) is 0 Å². The quantitative estimate of drug-likeness (QED) is 0.300. The third-order valence-corrected chi connectivity index (χ3v) is 8.18. The lowest BCUT2D eigenvalue weighted by Crippen LogP contribution is -2.51. The molecular weight excluding hydrogens is 609 g/mol. The molecule has 0 saturated carbocycles. The lowest BCUT2D eigenvalue weighted by atomic mass is 9.99. The summed E-state index contributed by atoms with van der Waals surface area (Å²) in [6.45, 7) is 1.99. The minimum absolute atomic E-state index is 0.0226. The summed E-state index contributed by atoms with van der Waals surface area (Å²) in [6, 6.07) is 3.23. The van der Waals surface area contributed by atoms with E-state index >= 15 is 4.39 Å². The van der Waals surface area contributed by atoms with E-state index in [0.717, 1.165) is 6.07 Å². The van der Waals surface area contributed by atoms with Gasteiger partial charge in [-0.3, -0.25) is 4.90 Å². The van der Waals surface area contributed by atoms with Gasteiger partial charge in [-0.25, -0.2) is 13.8 Å². The van der Waals surface area contributed by atoms with Crippen LogP contribution in [0.3, 0.4) is 0 Å². The van der Waals surface area contributed by atoms with Crippen molar-refractivity contribution in [2.45, 2.75) is 44.2 Å². The predicted octanol–water partition coefficient (Wildman–Crippen LogP) is 4.70. The van der Waals surface area contributed by atoms with Crippen LogP contribution >= 0.6 is 11.6 Å². The first kappa shape index (κ1) is 31.2. The largest absolute Gasteiger partial charge is 0.462 e. The van der Waals surface area contributed by atoms with E-state index in [2.05, 4.69) is 21.1 Å². The third-order valence-electron chi connectivity index (χ3n) is 7.88. The molecule has 232 valence electrons. The van der Waals surface area contributed by atoms with Gasteiger partial charge in [0, 0.05) is 37.6 Å². The van der Waals surface area contributed by atoms with Crippen LogP contribution in [0.15, 0.2) is 12.1 Å². The number of pyridine rings is 1. The third kappa shape index (κ3) is 5.94. The van der Waals surface area contributed by atoms with Gasteiger partial charge in [-0.2, -0.15) is 33.7 Å². The number of hydrogen-bond acceptors (Lipinski definition) is 10. The van der Waals surface area contributed by atoms with Gasteiger partial charge in [-0.15, -0.1) is 0 Å². The molecule has 0 aliphatic carbocycles. The second kappa shape index (κ2) is 12.1. The zero-order chi connectivity index (χ0) is 31.9. The molecular formula is C28H27ClF5N9O. The van der Waals surface area contributed by atoms with E-state index in [1.54, 1.807) is 16.8 Å². The number of likely N-dealkylation sites (tertiary alicyclic amines) is 1. The maximum atomic E-state index is 16.5. The summed E-state index contributed by atoms with van der Waals surface area (Å²) in [5, 5.41) is 18.5. The van der Waals surface area contributed by atoms with Crippen LogP contribution in [-0.2, 0) is 6.18 Å². The number of halogens is 6. The summed E-state index contributed by atoms with van der Waals surface area (Å²) in [4.78, 5) is 17.5. The Balaban J connectivity index is 1.68. The Morgan fingerprint density at radius 3 is 2.52 bits per heavy atom. The lowest BCUT2D eigenvalue weighted by molar-refractivity contribution is -0.137. The Morgan fingerprint density at radius 1 is 1.14 bits per heavy atom. The average molecular weight is 636 g/mol. The summed E-state index contributed by atoms with van der Waals surface area (Å²) >= 11 is 6.49. The average Bonchev–Trinajstić information content (AvgIpc) is 3.27. The molecule has 3 aromatic rings. The molecule has 0 radical (unpaired) electrons. The highest BCUT2D eigenvalue weighted by molar-refractivity contribution is 6.34. The zero-order valence-electron chi connectivity index (χ0n) is 23.7. The molecule has 2 aromatic heterocycles. The van der Waals surface area contributed by atoms with E-state index in [9.17, 15) is 28.1 Å². The number of alkyl halides is 4. The fourth-order valence-electron chi connectivity index (χ4n) is 5.76. The van der Waals surface area contributed by atoms with Crippen molar-refractivity contribution in [3.8, 4) is 29.5 Å². The number of piperazine rings is 1. The van der Waals surface area contributed by atoms with Crippen LogP contribution in [0.4, 0.5) is 33.6 Å². The van der Waals surface area contributed by atoms with Crippen molar-refractivity contribution in [1.29, 1.82) is 10.5 Å². The second-order valence-electron chi connectivity index (χ2n) is 10.9. The van der Waals surface area contributed by atoms with Gasteiger partial charge in [0.15, 0.2) is 12.0 Å². The normalized spacial score (nSPS) is 21.0. The van der Waals surface area contributed by atoms with E-state index in [0.29, 0.717) is 0 Å². The number of nitrogen functional groups attached to an aromatic ring is 1. The second-order valence-corrected chi connectivity index (χ2v) is 11.3. The number of nitrogens with zero attached hydrogens (tertiary/aromatic N) is 8. The lowest BCUT2D eigenvalue weighted by Gasteiger charge is -2.38. The molecule has 3 atom stereocenters. The van der Waals surface area contributed by atoms with Crippen molar-refractivity contribution in [3.05, 3.63) is 34.1 Å². The highest BCUT2D eigenvalue weighted by Crippen LogP contribution is 2.44. The molecule has 1 aromatic carbocycles. The van der Waals surface area contributed by atoms with Crippen LogP contribution in [0.5, 0.6) is 6.01 Å². The van der Waals surface area contributed by atoms with Gasteiger partial charge >= 0.3 is 12.2 Å². The van der Waals surface area contributed by atoms with Crippen LogP contribution in [0.1, 0.15) is 24.0 Å². The van der Waals surface area contributed by atoms with E-state index in [-0.39, 0.29) is 90.8 Å². The van der Waals surface area contributed by atoms with Crippen LogP contribution in [0.25, 0.3) is 22.2 Å². The molecule has 5 rings (SSSR count). The Kier molecular flexibility index (Phi) is 8.55. The first-order chi connectivity index (χ1) is 20.8. The Hall–Kier alpha value is -4.21. The molecule has 16 heteroatoms. The summed E-state index contributed by atoms with van der Waals surface area (Å²) in [5.74, 6) is -1.32. The van der Waals surface area contributed by atoms with E-state index in [1.807, 2.05) is 6.07 Å². The molecule has 0 spiro atoms. The fraction of sp³-hybridized carbons (Fsp3) is 0.464. The number of benzene rings is 1. The number of nitrogens with two attached hydrogens (primary N) is 1. The van der Waals surface area contributed by atoms with Crippen LogP contribution in [0.2, 0.25) is 5.02 Å². The minimum atomic E-state index is -4.91. The van der Waals surface area contributed by atoms with Gasteiger partial charge in [-0.05, 0) is 38.1 Å².